The summed E-state index contributed by atoms with van der Waals surface area (Å²) in [7, 11) is 0. The number of anilines is 1. The third kappa shape index (κ3) is 2.51. The molecule has 0 aliphatic rings. The smallest absolute Gasteiger partial charge is 0.387 e. The molecule has 0 bridgehead atoms. The van der Waals surface area contributed by atoms with Gasteiger partial charge in [0.25, 0.3) is 0 Å². The molecule has 0 saturated heterocycles. The van der Waals surface area contributed by atoms with E-state index in [-0.39, 0.29) is 15.9 Å². The lowest BCUT2D eigenvalue weighted by atomic mass is 10.3. The maximum atomic E-state index is 12.7. The average molecular weight is 256 g/mol. The molecule has 0 amide bonds. The second-order valence-electron chi connectivity index (χ2n) is 2.18. The first-order valence-corrected chi connectivity index (χ1v) is 3.99. The quantitative estimate of drug-likeness (QED) is 0.825. The Balaban J connectivity index is 3.01. The topological polar surface area (TPSA) is 35.2 Å². The van der Waals surface area contributed by atoms with Gasteiger partial charge in [0.1, 0.15) is 11.6 Å². The number of alkyl halides is 2. The average Bonchev–Trinajstić information content (AvgIpc) is 1.99. The van der Waals surface area contributed by atoms with E-state index in [9.17, 15) is 13.2 Å². The fraction of sp³-hybridized carbons (Fsp3) is 0.143. The Morgan fingerprint density at radius 3 is 2.54 bits per heavy atom. The molecule has 0 saturated carbocycles. The van der Waals surface area contributed by atoms with Crippen LogP contribution in [0.25, 0.3) is 0 Å². The Hall–Kier alpha value is -0.910. The predicted octanol–water partition coefficient (Wildman–Crippen LogP) is 2.77. The summed E-state index contributed by atoms with van der Waals surface area (Å²) in [6.07, 6.45) is 0. The van der Waals surface area contributed by atoms with E-state index in [1.54, 1.807) is 0 Å². The van der Waals surface area contributed by atoms with E-state index >= 15 is 0 Å². The minimum Gasteiger partial charge on any atom is -0.434 e. The van der Waals surface area contributed by atoms with Crippen molar-refractivity contribution in [2.75, 3.05) is 5.73 Å². The maximum absolute atomic E-state index is 12.7. The van der Waals surface area contributed by atoms with Crippen LogP contribution in [0.15, 0.2) is 16.6 Å². The van der Waals surface area contributed by atoms with Gasteiger partial charge in [0, 0.05) is 6.07 Å². The van der Waals surface area contributed by atoms with Crippen molar-refractivity contribution in [3.05, 3.63) is 22.4 Å². The molecular formula is C7H5BrF3NO. The number of hydrogen-bond acceptors (Lipinski definition) is 2. The van der Waals surface area contributed by atoms with Crippen LogP contribution >= 0.6 is 15.9 Å². The second-order valence-corrected chi connectivity index (χ2v) is 3.04. The molecule has 0 heterocycles. The molecular weight excluding hydrogens is 251 g/mol. The summed E-state index contributed by atoms with van der Waals surface area (Å²) < 4.78 is 40.4. The van der Waals surface area contributed by atoms with Crippen LogP contribution in [0, 0.1) is 5.82 Å². The molecule has 1 aromatic carbocycles. The molecule has 0 unspecified atom stereocenters. The zero-order valence-corrected chi connectivity index (χ0v) is 7.82. The van der Waals surface area contributed by atoms with Gasteiger partial charge in [-0.1, -0.05) is 0 Å². The number of nitrogen functional groups attached to an aromatic ring is 1. The summed E-state index contributed by atoms with van der Waals surface area (Å²) >= 11 is 2.90. The van der Waals surface area contributed by atoms with Crippen LogP contribution in [-0.4, -0.2) is 6.61 Å². The summed E-state index contributed by atoms with van der Waals surface area (Å²) in [5.74, 6) is -1.07. The van der Waals surface area contributed by atoms with Crippen molar-refractivity contribution in [2.24, 2.45) is 0 Å². The van der Waals surface area contributed by atoms with Crippen LogP contribution in [0.5, 0.6) is 5.75 Å². The standard InChI is InChI=1S/C7H5BrF3NO/c8-3-1-5(12)4(9)2-6(3)13-7(10)11/h1-2,7H,12H2. The molecule has 13 heavy (non-hydrogen) atoms. The van der Waals surface area contributed by atoms with Gasteiger partial charge in [0.05, 0.1) is 10.2 Å². The molecule has 1 rings (SSSR count). The normalized spacial score (nSPS) is 10.5. The molecule has 72 valence electrons. The number of ether oxygens (including phenoxy) is 1. The highest BCUT2D eigenvalue weighted by Gasteiger charge is 2.11. The fourth-order valence-corrected chi connectivity index (χ4v) is 1.18. The van der Waals surface area contributed by atoms with Crippen LogP contribution < -0.4 is 10.5 Å². The van der Waals surface area contributed by atoms with E-state index in [0.29, 0.717) is 0 Å². The third-order valence-corrected chi connectivity index (χ3v) is 1.89. The zero-order chi connectivity index (χ0) is 10.0. The molecule has 0 spiro atoms. The molecule has 6 heteroatoms. The number of nitrogens with two attached hydrogens (primary N) is 1. The first kappa shape index (κ1) is 10.2. The maximum Gasteiger partial charge on any atom is 0.387 e. The van der Waals surface area contributed by atoms with E-state index in [4.69, 9.17) is 5.73 Å². The van der Waals surface area contributed by atoms with Gasteiger partial charge in [-0.25, -0.2) is 4.39 Å². The molecule has 0 radical (unpaired) electrons. The van der Waals surface area contributed by atoms with Crippen LogP contribution in [0.3, 0.4) is 0 Å². The Morgan fingerprint density at radius 1 is 1.38 bits per heavy atom. The van der Waals surface area contributed by atoms with Gasteiger partial charge in [-0.2, -0.15) is 8.78 Å². The lowest BCUT2D eigenvalue weighted by Crippen LogP contribution is -2.03. The zero-order valence-electron chi connectivity index (χ0n) is 6.23. The number of rotatable bonds is 2. The van der Waals surface area contributed by atoms with Crippen LogP contribution in [0.4, 0.5) is 18.9 Å². The molecule has 2 N–H and O–H groups in total. The lowest BCUT2D eigenvalue weighted by Gasteiger charge is -2.07. The van der Waals surface area contributed by atoms with E-state index in [1.807, 2.05) is 0 Å². The first-order valence-electron chi connectivity index (χ1n) is 3.20. The largest absolute Gasteiger partial charge is 0.434 e. The van der Waals surface area contributed by atoms with Gasteiger partial charge in [-0.15, -0.1) is 0 Å². The van der Waals surface area contributed by atoms with E-state index in [1.165, 1.54) is 0 Å². The van der Waals surface area contributed by atoms with E-state index in [0.717, 1.165) is 12.1 Å². The van der Waals surface area contributed by atoms with Gasteiger partial charge in [-0.05, 0) is 22.0 Å². The van der Waals surface area contributed by atoms with Crippen LogP contribution in [0.1, 0.15) is 0 Å². The Labute approximate surface area is 80.6 Å². The van der Waals surface area contributed by atoms with Crippen molar-refractivity contribution in [3.8, 4) is 5.75 Å². The summed E-state index contributed by atoms with van der Waals surface area (Å²) in [6.45, 7) is -2.99. The minimum absolute atomic E-state index is 0.131. The highest BCUT2D eigenvalue weighted by Crippen LogP contribution is 2.30. The van der Waals surface area contributed by atoms with E-state index < -0.39 is 12.4 Å². The van der Waals surface area contributed by atoms with Crippen LogP contribution in [0.2, 0.25) is 0 Å². The van der Waals surface area contributed by atoms with Crippen molar-refractivity contribution in [1.82, 2.24) is 0 Å². The van der Waals surface area contributed by atoms with Crippen molar-refractivity contribution in [1.29, 1.82) is 0 Å². The molecule has 0 atom stereocenters. The lowest BCUT2D eigenvalue weighted by molar-refractivity contribution is -0.0504. The number of hydrogen-bond donors (Lipinski definition) is 1. The Morgan fingerprint density at radius 2 is 2.00 bits per heavy atom. The Kier molecular flexibility index (Phi) is 3.02. The van der Waals surface area contributed by atoms with Crippen LogP contribution in [-0.2, 0) is 0 Å². The Bertz CT molecular complexity index is 319. The highest BCUT2D eigenvalue weighted by atomic mass is 79.9. The van der Waals surface area contributed by atoms with Gasteiger partial charge in [0.2, 0.25) is 0 Å². The van der Waals surface area contributed by atoms with E-state index in [2.05, 4.69) is 20.7 Å². The van der Waals surface area contributed by atoms with Gasteiger partial charge < -0.3 is 10.5 Å². The van der Waals surface area contributed by atoms with Crippen molar-refractivity contribution >= 4 is 21.6 Å². The molecule has 0 aromatic heterocycles. The summed E-state index contributed by atoms with van der Waals surface area (Å²) in [4.78, 5) is 0. The molecule has 1 aromatic rings. The summed E-state index contributed by atoms with van der Waals surface area (Å²) in [5.41, 5.74) is 5.04. The SMILES string of the molecule is Nc1cc(Br)c(OC(F)F)cc1F. The fourth-order valence-electron chi connectivity index (χ4n) is 0.730. The van der Waals surface area contributed by atoms with Gasteiger partial charge >= 0.3 is 6.61 Å². The molecule has 0 aliphatic heterocycles. The number of benzene rings is 1. The second kappa shape index (κ2) is 3.87. The van der Waals surface area contributed by atoms with Crippen molar-refractivity contribution in [2.45, 2.75) is 6.61 Å². The molecule has 2 nitrogen and oxygen atoms in total. The molecule has 0 aliphatic carbocycles. The predicted molar refractivity (Wildman–Crippen MR) is 45.1 cm³/mol. The third-order valence-electron chi connectivity index (χ3n) is 1.27. The first-order chi connectivity index (χ1) is 6.00. The minimum atomic E-state index is -2.99. The highest BCUT2D eigenvalue weighted by molar-refractivity contribution is 9.10. The van der Waals surface area contributed by atoms with Crippen molar-refractivity contribution in [3.63, 3.8) is 0 Å². The summed E-state index contributed by atoms with van der Waals surface area (Å²) in [6, 6.07) is 1.96. The molecule has 0 fully saturated rings. The number of halogens is 4. The van der Waals surface area contributed by atoms with Gasteiger partial charge in [-0.3, -0.25) is 0 Å². The van der Waals surface area contributed by atoms with Gasteiger partial charge in [0.15, 0.2) is 0 Å². The summed E-state index contributed by atoms with van der Waals surface area (Å²) in [5, 5.41) is 0. The van der Waals surface area contributed by atoms with Crippen molar-refractivity contribution < 1.29 is 17.9 Å². The monoisotopic (exact) mass is 255 g/mol.